The van der Waals surface area contributed by atoms with E-state index in [0.717, 1.165) is 5.56 Å². The fourth-order valence-electron chi connectivity index (χ4n) is 3.85. The highest BCUT2D eigenvalue weighted by Crippen LogP contribution is 2.44. The van der Waals surface area contributed by atoms with Gasteiger partial charge in [0.05, 0.1) is 5.02 Å². The maximum Gasteiger partial charge on any atom is 0.217 e. The van der Waals surface area contributed by atoms with E-state index in [4.69, 9.17) is 23.2 Å². The molecule has 1 heterocycles. The third-order valence-corrected chi connectivity index (χ3v) is 5.58. The lowest BCUT2D eigenvalue weighted by molar-refractivity contribution is -1.12. The fraction of sp³-hybridized carbons (Fsp3) is 0.350. The Kier molecular flexibility index (Phi) is 6.08. The van der Waals surface area contributed by atoms with Gasteiger partial charge in [-0.3, -0.25) is 4.79 Å². The van der Waals surface area contributed by atoms with E-state index >= 15 is 0 Å². The molecule has 1 amide bonds. The summed E-state index contributed by atoms with van der Waals surface area (Å²) >= 11 is 12.7. The predicted octanol–water partition coefficient (Wildman–Crippen LogP) is 3.88. The minimum absolute atomic E-state index is 0.149. The van der Waals surface area contributed by atoms with Crippen LogP contribution in [0.25, 0.3) is 0 Å². The third-order valence-electron chi connectivity index (χ3n) is 5.00. The van der Waals surface area contributed by atoms with Gasteiger partial charge in [0, 0.05) is 23.9 Å². The van der Waals surface area contributed by atoms with Gasteiger partial charge in [-0.25, -0.2) is 5.21 Å². The molecule has 0 aliphatic carbocycles. The monoisotopic (exact) mass is 409 g/mol. The summed E-state index contributed by atoms with van der Waals surface area (Å²) in [5, 5.41) is 25.5. The smallest absolute Gasteiger partial charge is 0.217 e. The fourth-order valence-corrected chi connectivity index (χ4v) is 4.26. The minimum Gasteiger partial charge on any atom is -0.387 e. The molecule has 0 aromatic heterocycles. The van der Waals surface area contributed by atoms with E-state index in [2.05, 4.69) is 5.32 Å². The highest BCUT2D eigenvalue weighted by Gasteiger charge is 2.49. The summed E-state index contributed by atoms with van der Waals surface area (Å²) in [6.45, 7) is 1.93. The molecular weight excluding hydrogens is 387 g/mol. The van der Waals surface area contributed by atoms with Gasteiger partial charge in [0.1, 0.15) is 25.2 Å². The second-order valence-corrected chi connectivity index (χ2v) is 7.88. The van der Waals surface area contributed by atoms with E-state index in [1.165, 1.54) is 6.92 Å². The third kappa shape index (κ3) is 4.45. The molecule has 0 spiro atoms. The number of rotatable bonds is 5. The predicted molar refractivity (Wildman–Crippen MR) is 105 cm³/mol. The van der Waals surface area contributed by atoms with Crippen LogP contribution in [-0.4, -0.2) is 40.1 Å². The molecule has 2 unspecified atom stereocenters. The van der Waals surface area contributed by atoms with E-state index in [9.17, 15) is 15.1 Å². The first-order chi connectivity index (χ1) is 12.8. The number of aliphatic hydroxyl groups is 1. The van der Waals surface area contributed by atoms with Crippen molar-refractivity contribution >= 4 is 29.1 Å². The number of hydroxylamine groups is 3. The van der Waals surface area contributed by atoms with E-state index < -0.39 is 22.8 Å². The summed E-state index contributed by atoms with van der Waals surface area (Å²) in [7, 11) is 0. The first-order valence-electron chi connectivity index (χ1n) is 8.85. The van der Waals surface area contributed by atoms with Crippen molar-refractivity contribution in [1.29, 1.82) is 0 Å². The lowest BCUT2D eigenvalue weighted by Crippen LogP contribution is -2.51. The van der Waals surface area contributed by atoms with Gasteiger partial charge >= 0.3 is 0 Å². The summed E-state index contributed by atoms with van der Waals surface area (Å²) in [5.41, 5.74) is 1.46. The van der Waals surface area contributed by atoms with Gasteiger partial charge in [0.25, 0.3) is 0 Å². The van der Waals surface area contributed by atoms with Crippen molar-refractivity contribution in [2.45, 2.75) is 31.5 Å². The van der Waals surface area contributed by atoms with Crippen LogP contribution in [0.2, 0.25) is 10.0 Å². The van der Waals surface area contributed by atoms with E-state index in [0.29, 0.717) is 28.6 Å². The average Bonchev–Trinajstić information content (AvgIpc) is 2.97. The zero-order valence-electron chi connectivity index (χ0n) is 15.0. The van der Waals surface area contributed by atoms with Crippen molar-refractivity contribution in [2.75, 3.05) is 13.1 Å². The van der Waals surface area contributed by atoms with Crippen LogP contribution in [0.5, 0.6) is 0 Å². The molecule has 1 fully saturated rings. The SMILES string of the molecule is CC(=O)N[C@@H](c1ccccc1)C(c1cc(Cl)ccc1Cl)[N+]1(O)CC[C@H](O)C1. The highest BCUT2D eigenvalue weighted by atomic mass is 35.5. The number of hydrogen-bond donors (Lipinski definition) is 3. The molecule has 3 rings (SSSR count). The second-order valence-electron chi connectivity index (χ2n) is 7.04. The molecule has 1 aliphatic heterocycles. The molecule has 144 valence electrons. The van der Waals surface area contributed by atoms with Gasteiger partial charge in [-0.1, -0.05) is 53.5 Å². The quantitative estimate of drug-likeness (QED) is 0.656. The largest absolute Gasteiger partial charge is 0.387 e. The number of benzene rings is 2. The first-order valence-corrected chi connectivity index (χ1v) is 9.60. The van der Waals surface area contributed by atoms with Gasteiger partial charge < -0.3 is 10.4 Å². The number of aliphatic hydroxyl groups excluding tert-OH is 1. The Bertz CT molecular complexity index is 818. The number of quaternary nitrogens is 1. The molecule has 7 heteroatoms. The number of nitrogens with zero attached hydrogens (tertiary/aromatic N) is 1. The van der Waals surface area contributed by atoms with Gasteiger partial charge in [-0.05, 0) is 23.8 Å². The Morgan fingerprint density at radius 2 is 1.93 bits per heavy atom. The maximum atomic E-state index is 12.0. The van der Waals surface area contributed by atoms with Gasteiger partial charge in [-0.15, -0.1) is 0 Å². The molecule has 27 heavy (non-hydrogen) atoms. The Labute approximate surface area is 168 Å². The Morgan fingerprint density at radius 3 is 2.52 bits per heavy atom. The molecule has 0 bridgehead atoms. The number of carbonyl (C=O) groups excluding carboxylic acids is 1. The minimum atomic E-state index is -0.625. The van der Waals surface area contributed by atoms with Gasteiger partial charge in [-0.2, -0.15) is 4.65 Å². The molecule has 5 nitrogen and oxygen atoms in total. The lowest BCUT2D eigenvalue weighted by atomic mass is 9.91. The lowest BCUT2D eigenvalue weighted by Gasteiger charge is -2.39. The molecule has 3 N–H and O–H groups in total. The van der Waals surface area contributed by atoms with Gasteiger partial charge in [0.15, 0.2) is 6.04 Å². The molecule has 2 aromatic carbocycles. The van der Waals surface area contributed by atoms with E-state index in [1.807, 2.05) is 30.3 Å². The maximum absolute atomic E-state index is 12.0. The van der Waals surface area contributed by atoms with Crippen molar-refractivity contribution in [1.82, 2.24) is 5.32 Å². The Hall–Kier alpha value is -1.63. The number of nitrogens with one attached hydrogen (secondary N) is 1. The van der Waals surface area contributed by atoms with E-state index in [-0.39, 0.29) is 12.5 Å². The van der Waals surface area contributed by atoms with Crippen LogP contribution in [-0.2, 0) is 4.79 Å². The normalized spacial score (nSPS) is 24.4. The summed E-state index contributed by atoms with van der Waals surface area (Å²) in [6.07, 6.45) is -0.156. The summed E-state index contributed by atoms with van der Waals surface area (Å²) in [6, 6.07) is 13.3. The molecule has 1 aliphatic rings. The zero-order chi connectivity index (χ0) is 19.6. The number of amides is 1. The van der Waals surface area contributed by atoms with Crippen LogP contribution >= 0.6 is 23.2 Å². The van der Waals surface area contributed by atoms with Crippen molar-refractivity contribution < 1.29 is 19.8 Å². The second kappa shape index (κ2) is 8.17. The Morgan fingerprint density at radius 1 is 1.22 bits per heavy atom. The van der Waals surface area contributed by atoms with Crippen molar-refractivity contribution in [3.63, 3.8) is 0 Å². The van der Waals surface area contributed by atoms with Crippen LogP contribution in [0.3, 0.4) is 0 Å². The van der Waals surface area contributed by atoms with E-state index in [1.54, 1.807) is 18.2 Å². The molecule has 0 saturated carbocycles. The van der Waals surface area contributed by atoms with Crippen molar-refractivity contribution in [3.8, 4) is 0 Å². The average molecular weight is 410 g/mol. The number of likely N-dealkylation sites (tertiary alicyclic amines) is 1. The zero-order valence-corrected chi connectivity index (χ0v) is 16.5. The summed E-state index contributed by atoms with van der Waals surface area (Å²) < 4.78 is -0.429. The van der Waals surface area contributed by atoms with Crippen LogP contribution in [0.15, 0.2) is 48.5 Å². The van der Waals surface area contributed by atoms with Crippen molar-refractivity contribution in [3.05, 3.63) is 69.7 Å². The highest BCUT2D eigenvalue weighted by molar-refractivity contribution is 6.33. The summed E-state index contributed by atoms with van der Waals surface area (Å²) in [5.74, 6) is -0.224. The number of hydrogen-bond acceptors (Lipinski definition) is 3. The summed E-state index contributed by atoms with van der Waals surface area (Å²) in [4.78, 5) is 12.0. The van der Waals surface area contributed by atoms with Gasteiger partial charge in [0.2, 0.25) is 5.91 Å². The molecule has 2 aromatic rings. The number of carbonyl (C=O) groups is 1. The first kappa shape index (κ1) is 20.1. The molecule has 1 saturated heterocycles. The van der Waals surface area contributed by atoms with Crippen molar-refractivity contribution in [2.24, 2.45) is 0 Å². The standard InChI is InChI=1S/C20H22Cl2N2O3/c1-13(25)23-19(14-5-3-2-4-6-14)20(24(27)10-9-16(26)12-24)17-11-15(21)7-8-18(17)22/h2-8,11,16,19-20,26-27H,9-10,12H2,1H3/p+1/t16-,19-,20?,24?/m0/s1. The molecule has 0 radical (unpaired) electrons. The van der Waals surface area contributed by atoms with Crippen LogP contribution < -0.4 is 5.32 Å². The topological polar surface area (TPSA) is 69.6 Å². The number of halogens is 2. The Balaban J connectivity index is 2.17. The van der Waals surface area contributed by atoms with Crippen LogP contribution in [0, 0.1) is 0 Å². The van der Waals surface area contributed by atoms with Crippen LogP contribution in [0.4, 0.5) is 0 Å². The van der Waals surface area contributed by atoms with Crippen LogP contribution in [0.1, 0.15) is 36.6 Å². The molecule has 4 atom stereocenters. The molecular formula is C20H23Cl2N2O3+.